The van der Waals surface area contributed by atoms with Crippen LogP contribution < -0.4 is 22.8 Å². The predicted octanol–water partition coefficient (Wildman–Crippen LogP) is 22.9. The van der Waals surface area contributed by atoms with E-state index < -0.39 is 72.6 Å². The van der Waals surface area contributed by atoms with E-state index in [9.17, 15) is 0 Å². The van der Waals surface area contributed by atoms with Crippen molar-refractivity contribution in [2.75, 3.05) is 0 Å². The Labute approximate surface area is 638 Å². The zero-order valence-electron chi connectivity index (χ0n) is 83.0. The highest BCUT2D eigenvalue weighted by molar-refractivity contribution is 5.66. The lowest BCUT2D eigenvalue weighted by atomic mass is 9.81. The molecule has 0 saturated carbocycles. The first-order valence-corrected chi connectivity index (χ1v) is 35.5. The Hall–Kier alpha value is -8.15. The Bertz CT molecular complexity index is 5130. The van der Waals surface area contributed by atoms with E-state index in [0.29, 0.717) is 22.4 Å². The van der Waals surface area contributed by atoms with Crippen molar-refractivity contribution >= 4 is 0 Å². The van der Waals surface area contributed by atoms with Crippen molar-refractivity contribution in [1.82, 2.24) is 0 Å². The molecule has 536 valence electrons. The van der Waals surface area contributed by atoms with Crippen LogP contribution in [0.5, 0.6) is 0 Å². The Morgan fingerprint density at radius 1 is 0.307 bits per heavy atom. The normalized spacial score (nSPS) is 15.0. The van der Waals surface area contributed by atoms with Gasteiger partial charge in [0.05, 0.1) is 0 Å². The van der Waals surface area contributed by atoms with Gasteiger partial charge in [-0.15, -0.1) is 0 Å². The molecule has 10 aromatic rings. The fourth-order valence-corrected chi connectivity index (χ4v) is 12.4. The highest BCUT2D eigenvalue weighted by Gasteiger charge is 2.26. The molecule has 5 heteroatoms. The van der Waals surface area contributed by atoms with Gasteiger partial charge < -0.3 is 0 Å². The van der Waals surface area contributed by atoms with Crippen molar-refractivity contribution < 1.29 is 44.8 Å². The van der Waals surface area contributed by atoms with Gasteiger partial charge in [-0.1, -0.05) is 208 Å². The van der Waals surface area contributed by atoms with E-state index in [-0.39, 0.29) is 5.56 Å². The summed E-state index contributed by atoms with van der Waals surface area (Å²) in [5.74, 6) is -2.67. The van der Waals surface area contributed by atoms with Gasteiger partial charge >= 0.3 is 0 Å². The molecular formula is C96H132N5+5. The van der Waals surface area contributed by atoms with Gasteiger partial charge in [0.15, 0.2) is 31.0 Å². The van der Waals surface area contributed by atoms with Gasteiger partial charge in [-0.3, -0.25) is 0 Å². The standard InChI is InChI=1S/C24H36N.2C19H26N.2C17H22N/c1-17-10-11-21(18(2)12-17)22-13-19(14-23(3,4)5)20(16-25(22)9)15-24(6,7)8;1-14-9-7-8-10-17(14)18-11-15(2)16(13-20(18)6)12-19(3,4)5;1-13(2)17-11-19(16-10-8-7-9-15(16)5)20(6)12-18(17)14(3)4;1-12(2)15-7-9-17(18(5)11-15)16-8-6-13(3)10-14(16)4;1-12(2)16-11-18(5)17(10-14(16)4)15-9-7-6-8-13(15)3/h10-13,16H,14-15H2,1-9H3;7-11,13H,12H2,1-6H3;7-14H,1-6H3;2*6-12H,1-5H3/q5*+1/i1D3,14D2,15D2;12D2;13D,14D;3D3,12D;12D. The van der Waals surface area contributed by atoms with E-state index in [1.807, 2.05) is 237 Å². The van der Waals surface area contributed by atoms with Gasteiger partial charge in [0.25, 0.3) is 0 Å². The fourth-order valence-electron chi connectivity index (χ4n) is 12.4. The fraction of sp³-hybridized carbons (Fsp3) is 0.427. The first kappa shape index (κ1) is 60.4. The molecule has 0 fully saturated rings. The first-order chi connectivity index (χ1) is 53.0. The van der Waals surface area contributed by atoms with Crippen molar-refractivity contribution in [3.63, 3.8) is 0 Å². The maximum absolute atomic E-state index is 8.96. The molecule has 101 heavy (non-hydrogen) atoms. The molecule has 5 heterocycles. The molecule has 0 aliphatic carbocycles. The van der Waals surface area contributed by atoms with E-state index in [2.05, 4.69) is 117 Å². The average molecular weight is 1370 g/mol. The van der Waals surface area contributed by atoms with Crippen LogP contribution in [0.2, 0.25) is 0 Å². The largest absolute Gasteiger partial charge is 0.212 e. The van der Waals surface area contributed by atoms with Gasteiger partial charge in [-0.25, -0.2) is 22.8 Å². The van der Waals surface area contributed by atoms with Gasteiger partial charge in [0, 0.05) is 108 Å². The first-order valence-electron chi connectivity index (χ1n) is 43.5. The predicted molar refractivity (Wildman–Crippen MR) is 434 cm³/mol. The van der Waals surface area contributed by atoms with Crippen LogP contribution in [0.4, 0.5) is 0 Å². The zero-order valence-corrected chi connectivity index (χ0v) is 67.0. The number of hydrogen-bond donors (Lipinski definition) is 0. The van der Waals surface area contributed by atoms with Crippen molar-refractivity contribution in [2.24, 2.45) is 51.5 Å². The molecule has 0 amide bonds. The Morgan fingerprint density at radius 3 is 1.05 bits per heavy atom. The smallest absolute Gasteiger partial charge is 0.201 e. The van der Waals surface area contributed by atoms with E-state index in [0.717, 1.165) is 72.7 Å². The summed E-state index contributed by atoms with van der Waals surface area (Å²) in [6.07, 6.45) is 4.73. The maximum atomic E-state index is 8.96. The van der Waals surface area contributed by atoms with E-state index >= 15 is 0 Å². The van der Waals surface area contributed by atoms with Crippen LogP contribution >= 0.6 is 0 Å². The lowest BCUT2D eigenvalue weighted by molar-refractivity contribution is -0.661. The minimum absolute atomic E-state index is 0.257. The highest BCUT2D eigenvalue weighted by atomic mass is 14.9. The molecular weight excluding hydrogens is 1220 g/mol. The third-order valence-electron chi connectivity index (χ3n) is 17.6. The molecule has 0 saturated heterocycles. The number of hydrogen-bond acceptors (Lipinski definition) is 0. The van der Waals surface area contributed by atoms with E-state index in [1.165, 1.54) is 44.6 Å². The highest BCUT2D eigenvalue weighted by Crippen LogP contribution is 2.34. The molecule has 0 aliphatic rings. The number of aryl methyl sites for hydroxylation is 14. The van der Waals surface area contributed by atoms with Gasteiger partial charge in [-0.2, -0.15) is 0 Å². The molecule has 0 unspecified atom stereocenters. The van der Waals surface area contributed by atoms with Crippen LogP contribution in [0.15, 0.2) is 177 Å². The zero-order chi connectivity index (χ0) is 89.4. The third kappa shape index (κ3) is 23.2. The van der Waals surface area contributed by atoms with Crippen LogP contribution in [-0.4, -0.2) is 0 Å². The lowest BCUT2D eigenvalue weighted by Gasteiger charge is -2.24. The second kappa shape index (κ2) is 35.2. The molecule has 0 spiro atoms. The number of nitrogens with zero attached hydrogens (tertiary/aromatic N) is 5. The van der Waals surface area contributed by atoms with Crippen LogP contribution in [0.1, 0.15) is 252 Å². The minimum Gasteiger partial charge on any atom is -0.201 e. The SMILES string of the molecule is [2H]C(C)(C)c1c[n+](C)c(-c2ccccc2C)cc1C.[2H]C(C)(C)c1cc(-c2ccccc2C)[n+](C)cc1C([2H])(C)C.[2H]C([2H])([2H])c1ccc(-c2cc(C([2H])([2H])C(C)(C)C)c(C([2H])([2H])C(C)(C)C)c[n+]2C)c(C)c1.[2H]C([2H])([2H])c1ccc(-c2ccc(C([2H])(C)C)c[n+]2C)c(C)c1.[2H]C([2H])(c1c[n+](C)c(-c2ccccc2C)cc1C)C(C)(C)C. The van der Waals surface area contributed by atoms with E-state index in [1.54, 1.807) is 47.2 Å². The molecule has 5 aromatic heterocycles. The molecule has 0 atom stereocenters. The van der Waals surface area contributed by atoms with Gasteiger partial charge in [-0.05, 0) is 208 Å². The number of rotatable bonds is 12. The van der Waals surface area contributed by atoms with Crippen LogP contribution in [0, 0.1) is 78.4 Å². The summed E-state index contributed by atoms with van der Waals surface area (Å²) >= 11 is 0. The van der Waals surface area contributed by atoms with Crippen molar-refractivity contribution in [3.8, 4) is 56.3 Å². The second-order valence-electron chi connectivity index (χ2n) is 31.5. The molecule has 5 nitrogen and oxygen atoms in total. The Balaban J connectivity index is 0.000000230. The summed E-state index contributed by atoms with van der Waals surface area (Å²) in [6, 6.07) is 47.3. The summed E-state index contributed by atoms with van der Waals surface area (Å²) in [5.41, 5.74) is 22.0. The molecule has 10 rings (SSSR count). The summed E-state index contributed by atoms with van der Waals surface area (Å²) in [7, 11) is 9.81. The van der Waals surface area contributed by atoms with Crippen LogP contribution in [0.3, 0.4) is 0 Å². The van der Waals surface area contributed by atoms with E-state index in [4.69, 9.17) is 21.9 Å². The summed E-state index contributed by atoms with van der Waals surface area (Å²) in [6.45, 7) is 41.7. The molecule has 0 radical (unpaired) electrons. The van der Waals surface area contributed by atoms with Crippen LogP contribution in [0.25, 0.3) is 56.3 Å². The summed E-state index contributed by atoms with van der Waals surface area (Å²) in [5, 5.41) is 0. The summed E-state index contributed by atoms with van der Waals surface area (Å²) in [4.78, 5) is 0. The topological polar surface area (TPSA) is 19.4 Å². The van der Waals surface area contributed by atoms with Crippen molar-refractivity contribution in [1.29, 1.82) is 0 Å². The Kier molecular flexibility index (Phi) is 21.0. The monoisotopic (exact) mass is 1370 g/mol. The third-order valence-corrected chi connectivity index (χ3v) is 17.6. The minimum atomic E-state index is -2.20. The van der Waals surface area contributed by atoms with Crippen molar-refractivity contribution in [3.05, 3.63) is 266 Å². The lowest BCUT2D eigenvalue weighted by Crippen LogP contribution is -2.33. The van der Waals surface area contributed by atoms with Gasteiger partial charge in [0.1, 0.15) is 35.2 Å². The van der Waals surface area contributed by atoms with Crippen molar-refractivity contribution in [2.45, 2.75) is 223 Å². The van der Waals surface area contributed by atoms with Crippen LogP contribution in [-0.2, 0) is 54.4 Å². The molecule has 5 aromatic carbocycles. The molecule has 0 N–H and O–H groups in total. The average Bonchev–Trinajstić information content (AvgIpc) is 0.735. The quantitative estimate of drug-likeness (QED) is 0.109. The number of pyridine rings is 5. The summed E-state index contributed by atoms with van der Waals surface area (Å²) < 4.78 is 141. The maximum Gasteiger partial charge on any atom is 0.212 e. The second-order valence-corrected chi connectivity index (χ2v) is 31.5. The number of benzene rings is 5. The molecule has 0 aliphatic heterocycles. The number of aromatic nitrogens is 5. The molecule has 0 bridgehead atoms. The Morgan fingerprint density at radius 2 is 0.653 bits per heavy atom. The van der Waals surface area contributed by atoms with Gasteiger partial charge in [0.2, 0.25) is 28.5 Å².